The van der Waals surface area contributed by atoms with E-state index in [1.807, 2.05) is 24.1 Å². The molecule has 1 aliphatic carbocycles. The number of piperazine rings is 1. The highest BCUT2D eigenvalue weighted by atomic mass is 16.5. The second-order valence-corrected chi connectivity index (χ2v) is 7.48. The number of nitrogens with one attached hydrogen (secondary N) is 2. The molecule has 0 unspecified atom stereocenters. The fourth-order valence-corrected chi connectivity index (χ4v) is 4.16. The molecule has 26 heavy (non-hydrogen) atoms. The topological polar surface area (TPSA) is 70.7 Å². The Balaban J connectivity index is 1.63. The summed E-state index contributed by atoms with van der Waals surface area (Å²) < 4.78 is 5.26. The van der Waals surface area contributed by atoms with Gasteiger partial charge in [-0.2, -0.15) is 0 Å². The van der Waals surface area contributed by atoms with E-state index < -0.39 is 0 Å². The Morgan fingerprint density at radius 3 is 2.62 bits per heavy atom. The SMILES string of the molecule is COc1ccc(C2(CNC(=O)C[C@@H]3C(=O)NCCN3C)CCCC2)cc1. The number of amides is 2. The molecule has 3 rings (SSSR count). The molecule has 142 valence electrons. The molecule has 2 aliphatic rings. The third-order valence-electron chi connectivity index (χ3n) is 5.86. The van der Waals surface area contributed by atoms with E-state index in [4.69, 9.17) is 4.74 Å². The minimum Gasteiger partial charge on any atom is -0.497 e. The molecule has 1 aliphatic heterocycles. The number of hydrogen-bond donors (Lipinski definition) is 2. The third-order valence-corrected chi connectivity index (χ3v) is 5.86. The molecule has 0 aromatic heterocycles. The number of carbonyl (C=O) groups is 2. The van der Waals surface area contributed by atoms with Gasteiger partial charge in [-0.3, -0.25) is 14.5 Å². The van der Waals surface area contributed by atoms with Gasteiger partial charge in [0.1, 0.15) is 5.75 Å². The van der Waals surface area contributed by atoms with Crippen molar-refractivity contribution in [3.05, 3.63) is 29.8 Å². The Morgan fingerprint density at radius 2 is 2.00 bits per heavy atom. The van der Waals surface area contributed by atoms with Gasteiger partial charge in [0.15, 0.2) is 0 Å². The number of ether oxygens (including phenoxy) is 1. The summed E-state index contributed by atoms with van der Waals surface area (Å²) in [5, 5.41) is 5.94. The molecule has 6 heteroatoms. The quantitative estimate of drug-likeness (QED) is 0.806. The number of nitrogens with zero attached hydrogens (tertiary/aromatic N) is 1. The van der Waals surface area contributed by atoms with Gasteiger partial charge in [-0.05, 0) is 37.6 Å². The Labute approximate surface area is 155 Å². The van der Waals surface area contributed by atoms with Gasteiger partial charge in [-0.15, -0.1) is 0 Å². The van der Waals surface area contributed by atoms with Gasteiger partial charge in [0.2, 0.25) is 11.8 Å². The average molecular weight is 359 g/mol. The lowest BCUT2D eigenvalue weighted by Crippen LogP contribution is -2.55. The van der Waals surface area contributed by atoms with Crippen molar-refractivity contribution < 1.29 is 14.3 Å². The second-order valence-electron chi connectivity index (χ2n) is 7.48. The number of carbonyl (C=O) groups excluding carboxylic acids is 2. The summed E-state index contributed by atoms with van der Waals surface area (Å²) in [6, 6.07) is 7.82. The van der Waals surface area contributed by atoms with E-state index >= 15 is 0 Å². The van der Waals surface area contributed by atoms with Crippen LogP contribution < -0.4 is 15.4 Å². The van der Waals surface area contributed by atoms with Crippen LogP contribution >= 0.6 is 0 Å². The predicted molar refractivity (Wildman–Crippen MR) is 100 cm³/mol. The van der Waals surface area contributed by atoms with E-state index in [1.54, 1.807) is 7.11 Å². The summed E-state index contributed by atoms with van der Waals surface area (Å²) in [7, 11) is 3.56. The molecule has 2 fully saturated rings. The van der Waals surface area contributed by atoms with Crippen molar-refractivity contribution in [1.82, 2.24) is 15.5 Å². The van der Waals surface area contributed by atoms with E-state index in [-0.39, 0.29) is 29.7 Å². The highest BCUT2D eigenvalue weighted by molar-refractivity contribution is 5.88. The van der Waals surface area contributed by atoms with Crippen LogP contribution in [0.5, 0.6) is 5.75 Å². The van der Waals surface area contributed by atoms with Gasteiger partial charge >= 0.3 is 0 Å². The molecular formula is C20H29N3O3. The van der Waals surface area contributed by atoms with E-state index in [2.05, 4.69) is 22.8 Å². The zero-order chi connectivity index (χ0) is 18.6. The zero-order valence-electron chi connectivity index (χ0n) is 15.7. The maximum atomic E-state index is 12.5. The second kappa shape index (κ2) is 8.08. The van der Waals surface area contributed by atoms with Gasteiger partial charge in [-0.1, -0.05) is 25.0 Å². The van der Waals surface area contributed by atoms with Crippen molar-refractivity contribution in [3.63, 3.8) is 0 Å². The van der Waals surface area contributed by atoms with Crippen LogP contribution in [-0.4, -0.2) is 56.5 Å². The minimum absolute atomic E-state index is 0.0113. The smallest absolute Gasteiger partial charge is 0.237 e. The Morgan fingerprint density at radius 1 is 1.31 bits per heavy atom. The first-order valence-corrected chi connectivity index (χ1v) is 9.43. The summed E-state index contributed by atoms with van der Waals surface area (Å²) >= 11 is 0. The molecule has 1 heterocycles. The largest absolute Gasteiger partial charge is 0.497 e. The van der Waals surface area contributed by atoms with E-state index in [0.29, 0.717) is 13.1 Å². The summed E-state index contributed by atoms with van der Waals surface area (Å²) in [5.41, 5.74) is 1.24. The Bertz CT molecular complexity index is 638. The normalized spacial score (nSPS) is 22.7. The van der Waals surface area contributed by atoms with E-state index in [1.165, 1.54) is 18.4 Å². The van der Waals surface area contributed by atoms with Gasteiger partial charge in [0.05, 0.1) is 19.6 Å². The lowest BCUT2D eigenvalue weighted by molar-refractivity contribution is -0.133. The fraction of sp³-hybridized carbons (Fsp3) is 0.600. The molecule has 0 radical (unpaired) electrons. The first kappa shape index (κ1) is 18.7. The van der Waals surface area contributed by atoms with Crippen LogP contribution in [0.1, 0.15) is 37.7 Å². The number of benzene rings is 1. The number of hydrogen-bond acceptors (Lipinski definition) is 4. The summed E-state index contributed by atoms with van der Waals surface area (Å²) in [5.74, 6) is 0.732. The van der Waals surface area contributed by atoms with Crippen molar-refractivity contribution in [1.29, 1.82) is 0 Å². The highest BCUT2D eigenvalue weighted by Gasteiger charge is 2.36. The zero-order valence-corrected chi connectivity index (χ0v) is 15.7. The number of likely N-dealkylation sites (N-methyl/N-ethyl adjacent to an activating group) is 1. The predicted octanol–water partition coefficient (Wildman–Crippen LogP) is 1.44. The highest BCUT2D eigenvalue weighted by Crippen LogP contribution is 2.41. The monoisotopic (exact) mass is 359 g/mol. The van der Waals surface area contributed by atoms with Crippen molar-refractivity contribution in [2.75, 3.05) is 33.8 Å². The van der Waals surface area contributed by atoms with Crippen LogP contribution in [0, 0.1) is 0 Å². The third kappa shape index (κ3) is 4.01. The minimum atomic E-state index is -0.371. The summed E-state index contributed by atoms with van der Waals surface area (Å²) in [6.45, 7) is 2.05. The molecule has 1 saturated heterocycles. The average Bonchev–Trinajstić information content (AvgIpc) is 3.13. The standard InChI is InChI=1S/C20H29N3O3/c1-23-12-11-21-19(25)17(23)13-18(24)22-14-20(9-3-4-10-20)15-5-7-16(26-2)8-6-15/h5-8,17H,3-4,9-14H2,1-2H3,(H,21,25)(H,22,24)/t17-/m1/s1. The van der Waals surface area contributed by atoms with E-state index in [0.717, 1.165) is 25.1 Å². The van der Waals surface area contributed by atoms with Gasteiger partial charge in [0.25, 0.3) is 0 Å². The Kier molecular flexibility index (Phi) is 5.81. The number of methoxy groups -OCH3 is 1. The van der Waals surface area contributed by atoms with Crippen LogP contribution in [0.4, 0.5) is 0 Å². The number of rotatable bonds is 6. The molecule has 0 spiro atoms. The van der Waals surface area contributed by atoms with Gasteiger partial charge < -0.3 is 15.4 Å². The fourth-order valence-electron chi connectivity index (χ4n) is 4.16. The summed E-state index contributed by atoms with van der Waals surface area (Å²) in [6.07, 6.45) is 4.71. The molecule has 1 aromatic carbocycles. The first-order valence-electron chi connectivity index (χ1n) is 9.43. The van der Waals surface area contributed by atoms with Crippen molar-refractivity contribution in [3.8, 4) is 5.75 Å². The van der Waals surface area contributed by atoms with Crippen LogP contribution in [-0.2, 0) is 15.0 Å². The van der Waals surface area contributed by atoms with Crippen molar-refractivity contribution in [2.45, 2.75) is 43.6 Å². The van der Waals surface area contributed by atoms with E-state index in [9.17, 15) is 9.59 Å². The van der Waals surface area contributed by atoms with Crippen molar-refractivity contribution in [2.24, 2.45) is 0 Å². The molecule has 6 nitrogen and oxygen atoms in total. The van der Waals surface area contributed by atoms with Crippen LogP contribution in [0.3, 0.4) is 0 Å². The maximum absolute atomic E-state index is 12.5. The molecule has 2 amide bonds. The molecular weight excluding hydrogens is 330 g/mol. The van der Waals surface area contributed by atoms with Crippen LogP contribution in [0.2, 0.25) is 0 Å². The molecule has 1 saturated carbocycles. The molecule has 2 N–H and O–H groups in total. The summed E-state index contributed by atoms with van der Waals surface area (Å²) in [4.78, 5) is 26.4. The molecule has 1 aromatic rings. The maximum Gasteiger partial charge on any atom is 0.237 e. The molecule has 0 bridgehead atoms. The van der Waals surface area contributed by atoms with Crippen LogP contribution in [0.15, 0.2) is 24.3 Å². The lowest BCUT2D eigenvalue weighted by atomic mass is 9.78. The first-order chi connectivity index (χ1) is 12.5. The lowest BCUT2D eigenvalue weighted by Gasteiger charge is -2.33. The molecule has 1 atom stereocenters. The van der Waals surface area contributed by atoms with Crippen molar-refractivity contribution >= 4 is 11.8 Å². The Hall–Kier alpha value is -2.08. The van der Waals surface area contributed by atoms with Gasteiger partial charge in [0, 0.05) is 25.0 Å². The van der Waals surface area contributed by atoms with Gasteiger partial charge in [-0.25, -0.2) is 0 Å². The van der Waals surface area contributed by atoms with Crippen LogP contribution in [0.25, 0.3) is 0 Å².